The molecule has 5 heteroatoms. The van der Waals surface area contributed by atoms with Crippen LogP contribution in [0.2, 0.25) is 5.02 Å². The second kappa shape index (κ2) is 7.62. The van der Waals surface area contributed by atoms with E-state index in [1.807, 2.05) is 19.2 Å². The minimum absolute atomic E-state index is 0.0457. The lowest BCUT2D eigenvalue weighted by Gasteiger charge is -2.15. The van der Waals surface area contributed by atoms with E-state index >= 15 is 0 Å². The third-order valence-electron chi connectivity index (χ3n) is 3.63. The van der Waals surface area contributed by atoms with E-state index in [-0.39, 0.29) is 5.91 Å². The summed E-state index contributed by atoms with van der Waals surface area (Å²) >= 11 is 5.89. The van der Waals surface area contributed by atoms with Crippen molar-refractivity contribution in [3.8, 4) is 0 Å². The Morgan fingerprint density at radius 3 is 3.10 bits per heavy atom. The van der Waals surface area contributed by atoms with Crippen molar-refractivity contribution in [3.05, 3.63) is 29.3 Å². The molecule has 20 heavy (non-hydrogen) atoms. The van der Waals surface area contributed by atoms with E-state index in [1.165, 1.54) is 6.42 Å². The van der Waals surface area contributed by atoms with Gasteiger partial charge in [-0.3, -0.25) is 4.79 Å². The van der Waals surface area contributed by atoms with Crippen molar-refractivity contribution in [2.45, 2.75) is 12.8 Å². The molecule has 0 saturated carbocycles. The van der Waals surface area contributed by atoms with Crippen molar-refractivity contribution < 1.29 is 4.79 Å². The second-order valence-corrected chi connectivity index (χ2v) is 5.76. The van der Waals surface area contributed by atoms with Crippen LogP contribution in [0.15, 0.2) is 24.3 Å². The zero-order valence-corrected chi connectivity index (χ0v) is 12.6. The number of hydrogen-bond acceptors (Lipinski definition) is 3. The van der Waals surface area contributed by atoms with E-state index in [1.54, 1.807) is 12.1 Å². The molecular formula is C15H22ClN3O. The number of nitrogens with one attached hydrogen (secondary N) is 2. The number of anilines is 1. The largest absolute Gasteiger partial charge is 0.326 e. The fourth-order valence-corrected chi connectivity index (χ4v) is 2.81. The van der Waals surface area contributed by atoms with Crippen molar-refractivity contribution in [1.82, 2.24) is 10.2 Å². The molecule has 110 valence electrons. The van der Waals surface area contributed by atoms with E-state index < -0.39 is 0 Å². The van der Waals surface area contributed by atoms with Crippen molar-refractivity contribution in [2.24, 2.45) is 5.92 Å². The lowest BCUT2D eigenvalue weighted by molar-refractivity contribution is -0.116. The summed E-state index contributed by atoms with van der Waals surface area (Å²) in [4.78, 5) is 14.3. The van der Waals surface area contributed by atoms with E-state index in [9.17, 15) is 4.79 Å². The molecule has 1 aliphatic heterocycles. The summed E-state index contributed by atoms with van der Waals surface area (Å²) in [6, 6.07) is 7.24. The number of hydrogen-bond donors (Lipinski definition) is 2. The molecule has 0 spiro atoms. The number of carbonyl (C=O) groups excluding carboxylic acids is 1. The molecule has 1 amide bonds. The molecule has 4 nitrogen and oxygen atoms in total. The molecule has 1 aromatic carbocycles. The lowest BCUT2D eigenvalue weighted by atomic mass is 10.1. The predicted octanol–water partition coefficient (Wildman–Crippen LogP) is 2.21. The summed E-state index contributed by atoms with van der Waals surface area (Å²) in [6.07, 6.45) is 1.75. The first-order valence-electron chi connectivity index (χ1n) is 7.10. The highest BCUT2D eigenvalue weighted by Crippen LogP contribution is 2.17. The average Bonchev–Trinajstić information content (AvgIpc) is 2.85. The summed E-state index contributed by atoms with van der Waals surface area (Å²) in [7, 11) is 1.99. The first-order chi connectivity index (χ1) is 9.67. The van der Waals surface area contributed by atoms with Gasteiger partial charge in [-0.1, -0.05) is 17.7 Å². The zero-order chi connectivity index (χ0) is 14.4. The molecule has 1 heterocycles. The fourth-order valence-electron chi connectivity index (χ4n) is 2.62. The summed E-state index contributed by atoms with van der Waals surface area (Å²) in [5.41, 5.74) is 0.761. The van der Waals surface area contributed by atoms with Crippen molar-refractivity contribution >= 4 is 23.2 Å². The molecule has 2 N–H and O–H groups in total. The number of nitrogens with zero attached hydrogens (tertiary/aromatic N) is 1. The molecule has 1 aromatic rings. The molecule has 1 aliphatic rings. The Hall–Kier alpha value is -1.10. The third-order valence-corrected chi connectivity index (χ3v) is 3.86. The topological polar surface area (TPSA) is 44.4 Å². The van der Waals surface area contributed by atoms with Crippen LogP contribution >= 0.6 is 11.6 Å². The molecule has 1 fully saturated rings. The predicted molar refractivity (Wildman–Crippen MR) is 83.2 cm³/mol. The van der Waals surface area contributed by atoms with Gasteiger partial charge in [-0.2, -0.15) is 0 Å². The minimum atomic E-state index is 0.0457. The van der Waals surface area contributed by atoms with E-state index in [2.05, 4.69) is 15.5 Å². The van der Waals surface area contributed by atoms with Crippen LogP contribution < -0.4 is 10.6 Å². The summed E-state index contributed by atoms with van der Waals surface area (Å²) in [6.45, 7) is 4.07. The number of likely N-dealkylation sites (tertiary alicyclic amines) is 1. The number of amides is 1. The number of benzene rings is 1. The van der Waals surface area contributed by atoms with Gasteiger partial charge in [0.15, 0.2) is 0 Å². The Balaban J connectivity index is 1.70. The molecule has 1 unspecified atom stereocenters. The third kappa shape index (κ3) is 4.78. The van der Waals surface area contributed by atoms with E-state index in [0.717, 1.165) is 37.8 Å². The highest BCUT2D eigenvalue weighted by Gasteiger charge is 2.21. The van der Waals surface area contributed by atoms with E-state index in [4.69, 9.17) is 11.6 Å². The molecule has 0 radical (unpaired) electrons. The smallest absolute Gasteiger partial charge is 0.225 e. The fraction of sp³-hybridized carbons (Fsp3) is 0.533. The van der Waals surface area contributed by atoms with Crippen molar-refractivity contribution in [2.75, 3.05) is 38.5 Å². The van der Waals surface area contributed by atoms with Gasteiger partial charge in [0.25, 0.3) is 0 Å². The molecule has 0 aromatic heterocycles. The maximum Gasteiger partial charge on any atom is 0.225 e. The highest BCUT2D eigenvalue weighted by atomic mass is 35.5. The number of carbonyl (C=O) groups is 1. The van der Waals surface area contributed by atoms with Gasteiger partial charge in [0.05, 0.1) is 0 Å². The molecule has 0 bridgehead atoms. The van der Waals surface area contributed by atoms with Gasteiger partial charge in [-0.15, -0.1) is 0 Å². The van der Waals surface area contributed by atoms with Gasteiger partial charge in [-0.05, 0) is 50.7 Å². The molecular weight excluding hydrogens is 274 g/mol. The Morgan fingerprint density at radius 1 is 1.50 bits per heavy atom. The van der Waals surface area contributed by atoms with Crippen LogP contribution in [0.5, 0.6) is 0 Å². The van der Waals surface area contributed by atoms with Gasteiger partial charge in [0.1, 0.15) is 0 Å². The Labute approximate surface area is 125 Å². The van der Waals surface area contributed by atoms with Crippen LogP contribution in [0.4, 0.5) is 5.69 Å². The minimum Gasteiger partial charge on any atom is -0.326 e. The van der Waals surface area contributed by atoms with Crippen molar-refractivity contribution in [3.63, 3.8) is 0 Å². The Morgan fingerprint density at radius 2 is 2.35 bits per heavy atom. The Kier molecular flexibility index (Phi) is 5.83. The van der Waals surface area contributed by atoms with Crippen LogP contribution in [-0.2, 0) is 4.79 Å². The monoisotopic (exact) mass is 295 g/mol. The van der Waals surface area contributed by atoms with Gasteiger partial charge in [-0.25, -0.2) is 0 Å². The van der Waals surface area contributed by atoms with Gasteiger partial charge in [0, 0.05) is 30.2 Å². The summed E-state index contributed by atoms with van der Waals surface area (Å²) in [5.74, 6) is 0.764. The zero-order valence-electron chi connectivity index (χ0n) is 11.9. The molecule has 1 saturated heterocycles. The van der Waals surface area contributed by atoms with Crippen LogP contribution in [-0.4, -0.2) is 44.0 Å². The quantitative estimate of drug-likeness (QED) is 0.846. The summed E-state index contributed by atoms with van der Waals surface area (Å²) < 4.78 is 0. The molecule has 2 rings (SSSR count). The maximum absolute atomic E-state index is 11.9. The molecule has 0 aliphatic carbocycles. The number of rotatable bonds is 6. The van der Waals surface area contributed by atoms with Gasteiger partial charge in [0.2, 0.25) is 5.91 Å². The maximum atomic E-state index is 11.9. The second-order valence-electron chi connectivity index (χ2n) is 5.32. The van der Waals surface area contributed by atoms with Crippen LogP contribution in [0, 0.1) is 5.92 Å². The SMILES string of the molecule is CNCC1CCN(CCC(=O)Nc2cccc(Cl)c2)C1. The van der Waals surface area contributed by atoms with Gasteiger partial charge >= 0.3 is 0 Å². The normalized spacial score (nSPS) is 19.2. The summed E-state index contributed by atoms with van der Waals surface area (Å²) in [5, 5.41) is 6.73. The van der Waals surface area contributed by atoms with Crippen LogP contribution in [0.25, 0.3) is 0 Å². The molecule has 1 atom stereocenters. The lowest BCUT2D eigenvalue weighted by Crippen LogP contribution is -2.27. The first-order valence-corrected chi connectivity index (χ1v) is 7.47. The van der Waals surface area contributed by atoms with E-state index in [0.29, 0.717) is 11.4 Å². The first kappa shape index (κ1) is 15.3. The Bertz CT molecular complexity index is 452. The van der Waals surface area contributed by atoms with Crippen LogP contribution in [0.3, 0.4) is 0 Å². The van der Waals surface area contributed by atoms with Gasteiger partial charge < -0.3 is 15.5 Å². The van der Waals surface area contributed by atoms with Crippen LogP contribution in [0.1, 0.15) is 12.8 Å². The number of halogens is 1. The average molecular weight is 296 g/mol. The van der Waals surface area contributed by atoms with Crippen molar-refractivity contribution in [1.29, 1.82) is 0 Å². The highest BCUT2D eigenvalue weighted by molar-refractivity contribution is 6.30. The standard InChI is InChI=1S/C15H22ClN3O/c1-17-10-12-5-7-19(11-12)8-6-15(20)18-14-4-2-3-13(16)9-14/h2-4,9,12,17H,5-8,10-11H2,1H3,(H,18,20).